The minimum Gasteiger partial charge on any atom is -0.495 e. The van der Waals surface area contributed by atoms with Crippen LogP contribution in [0.2, 0.25) is 0 Å². The van der Waals surface area contributed by atoms with E-state index in [1.54, 1.807) is 36.8 Å². The Morgan fingerprint density at radius 1 is 0.943 bits per heavy atom. The molecule has 5 aliphatic heterocycles. The highest BCUT2D eigenvalue weighted by molar-refractivity contribution is 7.90. The smallest absolute Gasteiger partial charge is 0.249 e. The lowest BCUT2D eigenvalue weighted by molar-refractivity contribution is -0.133. The van der Waals surface area contributed by atoms with Gasteiger partial charge in [-0.15, -0.1) is 0 Å². The molecule has 18 nitrogen and oxygen atoms in total. The number of hydrogen-bond donors (Lipinski definition) is 3. The molecular weight excluding hydrogens is 914 g/mol. The first-order chi connectivity index (χ1) is 33.9. The molecule has 6 fully saturated rings. The van der Waals surface area contributed by atoms with Crippen LogP contribution in [-0.2, 0) is 26.0 Å². The second kappa shape index (κ2) is 19.4. The van der Waals surface area contributed by atoms with E-state index in [0.29, 0.717) is 76.8 Å². The molecule has 5 aromatic rings. The maximum absolute atomic E-state index is 15.6. The number of imide groups is 1. The predicted molar refractivity (Wildman–Crippen MR) is 262 cm³/mol. The molecule has 70 heavy (non-hydrogen) atoms. The van der Waals surface area contributed by atoms with Crippen LogP contribution < -0.4 is 30.9 Å². The van der Waals surface area contributed by atoms with Crippen LogP contribution in [0.1, 0.15) is 62.2 Å². The Morgan fingerprint density at radius 2 is 1.70 bits per heavy atom. The number of halogens is 1. The first-order valence-electron chi connectivity index (χ1n) is 23.8. The van der Waals surface area contributed by atoms with E-state index in [0.717, 1.165) is 75.2 Å². The number of ether oxygens (including phenoxy) is 1. The highest BCUT2D eigenvalue weighted by atomic mass is 32.2. The van der Waals surface area contributed by atoms with Gasteiger partial charge < -0.3 is 25.6 Å². The second-order valence-electron chi connectivity index (χ2n) is 18.9. The van der Waals surface area contributed by atoms with E-state index >= 15 is 4.39 Å². The van der Waals surface area contributed by atoms with Crippen LogP contribution in [0.15, 0.2) is 84.4 Å². The van der Waals surface area contributed by atoms with Crippen LogP contribution in [0.3, 0.4) is 0 Å². The molecule has 11 rings (SSSR count). The van der Waals surface area contributed by atoms with E-state index in [1.807, 2.05) is 40.0 Å². The number of carbonyl (C=O) groups is 2. The quantitative estimate of drug-likeness (QED) is 0.107. The van der Waals surface area contributed by atoms with Crippen molar-refractivity contribution in [3.63, 3.8) is 0 Å². The van der Waals surface area contributed by atoms with E-state index in [1.165, 1.54) is 25.6 Å². The minimum atomic E-state index is -3.33. The van der Waals surface area contributed by atoms with E-state index < -0.39 is 27.6 Å². The Bertz CT molecular complexity index is 2970. The van der Waals surface area contributed by atoms with Crippen LogP contribution in [0.4, 0.5) is 21.6 Å². The highest BCUT2D eigenvalue weighted by Crippen LogP contribution is 2.39. The average molecular weight is 970 g/mol. The van der Waals surface area contributed by atoms with Gasteiger partial charge in [-0.25, -0.2) is 22.8 Å². The Labute approximate surface area is 406 Å². The van der Waals surface area contributed by atoms with Crippen molar-refractivity contribution in [1.29, 1.82) is 5.26 Å². The number of hydrogen-bond acceptors (Lipinski definition) is 16. The SMILES string of the molecule is COc1cc(N2CCN(C3CCC(n4cc(-c5cnc(/C(C#N)=C\N)c(-c6ccc(N7CC8CC(C7)N8Cc7ccccc7S(C)(=O)=O)nc6)n5)cn4)CC3)CC2)c(F)cc1NC1CCC(=O)NC1=O. The number of allylic oxidation sites excluding steroid dienone is 1. The number of fused-ring (bicyclic) bond motifs is 2. The maximum atomic E-state index is 15.6. The summed E-state index contributed by atoms with van der Waals surface area (Å²) in [7, 11) is -1.82. The lowest BCUT2D eigenvalue weighted by atomic mass is 9.86. The zero-order valence-electron chi connectivity index (χ0n) is 39.2. The summed E-state index contributed by atoms with van der Waals surface area (Å²) < 4.78 is 48.1. The fourth-order valence-electron chi connectivity index (χ4n) is 10.9. The van der Waals surface area contributed by atoms with Crippen LogP contribution in [0, 0.1) is 17.1 Å². The number of piperazine rings is 2. The topological polar surface area (TPSA) is 221 Å². The number of nitrogens with one attached hydrogen (secondary N) is 2. The van der Waals surface area contributed by atoms with Gasteiger partial charge in [0.25, 0.3) is 0 Å². The summed E-state index contributed by atoms with van der Waals surface area (Å²) in [4.78, 5) is 48.1. The Kier molecular flexibility index (Phi) is 13.0. The fraction of sp³-hybridized carbons (Fsp3) is 0.420. The van der Waals surface area contributed by atoms with E-state index in [-0.39, 0.29) is 36.0 Å². The van der Waals surface area contributed by atoms with Gasteiger partial charge in [-0.2, -0.15) is 10.4 Å². The highest BCUT2D eigenvalue weighted by Gasteiger charge is 2.45. The number of nitrogens with two attached hydrogens (primary N) is 1. The molecule has 2 bridgehead atoms. The molecule has 5 saturated heterocycles. The zero-order chi connectivity index (χ0) is 48.7. The largest absolute Gasteiger partial charge is 0.495 e. The normalized spacial score (nSPS) is 23.3. The second-order valence-corrected chi connectivity index (χ2v) is 20.9. The van der Waals surface area contributed by atoms with E-state index in [4.69, 9.17) is 30.5 Å². The summed E-state index contributed by atoms with van der Waals surface area (Å²) >= 11 is 0. The molecule has 20 heteroatoms. The van der Waals surface area contributed by atoms with Crippen LogP contribution >= 0.6 is 0 Å². The molecule has 6 aliphatic rings. The minimum absolute atomic E-state index is 0.197. The molecule has 3 aromatic heterocycles. The van der Waals surface area contributed by atoms with Gasteiger partial charge in [-0.3, -0.25) is 34.4 Å². The molecule has 2 aromatic carbocycles. The molecule has 2 amide bonds. The van der Waals surface area contributed by atoms with Crippen molar-refractivity contribution in [2.24, 2.45) is 5.73 Å². The lowest BCUT2D eigenvalue weighted by Gasteiger charge is -2.56. The summed E-state index contributed by atoms with van der Waals surface area (Å²) in [5.41, 5.74) is 10.7. The number of nitriles is 1. The molecule has 4 N–H and O–H groups in total. The maximum Gasteiger partial charge on any atom is 0.249 e. The van der Waals surface area contributed by atoms with Crippen LogP contribution in [0.25, 0.3) is 28.1 Å². The first kappa shape index (κ1) is 46.8. The van der Waals surface area contributed by atoms with Gasteiger partial charge in [0.1, 0.15) is 35.2 Å². The van der Waals surface area contributed by atoms with Crippen molar-refractivity contribution in [1.82, 2.24) is 39.8 Å². The van der Waals surface area contributed by atoms with Crippen molar-refractivity contribution in [2.45, 2.75) is 86.6 Å². The summed E-state index contributed by atoms with van der Waals surface area (Å²) in [6.45, 7) is 5.04. The third-order valence-corrected chi connectivity index (χ3v) is 15.9. The average Bonchev–Trinajstić information content (AvgIpc) is 3.88. The van der Waals surface area contributed by atoms with Crippen LogP contribution in [0.5, 0.6) is 5.75 Å². The van der Waals surface area contributed by atoms with Gasteiger partial charge in [0.2, 0.25) is 11.8 Å². The van der Waals surface area contributed by atoms with Gasteiger partial charge in [0.05, 0.1) is 58.8 Å². The van der Waals surface area contributed by atoms with Gasteiger partial charge in [-0.1, -0.05) is 18.2 Å². The standard InChI is InChI=1S/C50H56FN13O5S/c1-69-44-21-43(39(51)20-41(44)57-40-12-14-47(65)59-50(40)66)61-17-15-60(16-18-61)35-8-10-36(11-9-35)64-28-34(25-56-64)42-26-55-48(33(22-52)23-53)49(58-42)31-7-13-46(54-24-31)62-29-37-19-38(30-62)63(37)27-32-5-3-4-6-45(32)70(2,67)68/h3-7,13,20-22,24-26,28,35-38,40,57H,8-12,14-19,27,29-30,52H2,1-2H3,(H,59,65,66)/b33-22-. The number of aromatic nitrogens is 5. The number of methoxy groups -OCH3 is 1. The van der Waals surface area contributed by atoms with Gasteiger partial charge in [0, 0.05) is 118 Å². The monoisotopic (exact) mass is 969 g/mol. The number of pyridine rings is 1. The summed E-state index contributed by atoms with van der Waals surface area (Å²) in [5.74, 6) is 0.112. The number of sulfone groups is 1. The van der Waals surface area contributed by atoms with Gasteiger partial charge in [0.15, 0.2) is 9.84 Å². The lowest BCUT2D eigenvalue weighted by Crippen LogP contribution is -2.68. The Morgan fingerprint density at radius 3 is 2.39 bits per heavy atom. The zero-order valence-corrected chi connectivity index (χ0v) is 40.0. The molecule has 3 unspecified atom stereocenters. The number of nitrogens with zero attached hydrogens (tertiary/aromatic N) is 10. The number of amides is 2. The van der Waals surface area contributed by atoms with Gasteiger partial charge >= 0.3 is 0 Å². The number of carbonyl (C=O) groups excluding carboxylic acids is 2. The van der Waals surface area contributed by atoms with E-state index in [9.17, 15) is 23.3 Å². The third kappa shape index (κ3) is 9.40. The predicted octanol–water partition coefficient (Wildman–Crippen LogP) is 4.76. The number of rotatable bonds is 13. The summed E-state index contributed by atoms with van der Waals surface area (Å²) in [6.07, 6.45) is 15.2. The first-order valence-corrected chi connectivity index (χ1v) is 25.7. The fourth-order valence-corrected chi connectivity index (χ4v) is 11.8. The Hall–Kier alpha value is -6.95. The third-order valence-electron chi connectivity index (χ3n) is 14.7. The molecular formula is C50H56FN13O5S. The molecule has 0 spiro atoms. The summed E-state index contributed by atoms with van der Waals surface area (Å²) in [6, 6.07) is 16.9. The van der Waals surface area contributed by atoms with Crippen molar-refractivity contribution in [3.05, 3.63) is 96.6 Å². The van der Waals surface area contributed by atoms with E-state index in [2.05, 4.69) is 31.4 Å². The van der Waals surface area contributed by atoms with Crippen molar-refractivity contribution in [3.8, 4) is 34.3 Å². The number of piperidine rings is 2. The molecule has 3 atom stereocenters. The van der Waals surface area contributed by atoms with Crippen molar-refractivity contribution >= 4 is 44.4 Å². The summed E-state index contributed by atoms with van der Waals surface area (Å²) in [5, 5.41) is 20.1. The molecule has 0 radical (unpaired) electrons. The van der Waals surface area contributed by atoms with Gasteiger partial charge in [-0.05, 0) is 62.3 Å². The number of anilines is 3. The molecule has 1 saturated carbocycles. The molecule has 1 aliphatic carbocycles. The number of benzene rings is 2. The van der Waals surface area contributed by atoms with Crippen LogP contribution in [-0.4, -0.2) is 132 Å². The van der Waals surface area contributed by atoms with Crippen molar-refractivity contribution < 1.29 is 27.1 Å². The van der Waals surface area contributed by atoms with Crippen molar-refractivity contribution in [2.75, 3.05) is 67.8 Å². The Balaban J connectivity index is 0.757. The molecule has 8 heterocycles. The molecule has 364 valence electrons.